The highest BCUT2D eigenvalue weighted by Crippen LogP contribution is 2.20. The van der Waals surface area contributed by atoms with Gasteiger partial charge in [0.25, 0.3) is 0 Å². The summed E-state index contributed by atoms with van der Waals surface area (Å²) in [7, 11) is 0. The molecule has 1 aromatic rings. The molecule has 0 heterocycles. The van der Waals surface area contributed by atoms with Crippen LogP contribution >= 0.6 is 11.8 Å². The van der Waals surface area contributed by atoms with Crippen LogP contribution in [0.25, 0.3) is 0 Å². The first-order valence-electron chi connectivity index (χ1n) is 5.77. The molecule has 0 aliphatic carbocycles. The maximum absolute atomic E-state index is 10.6. The molecule has 1 rings (SSSR count). The number of benzene rings is 1. The number of carbonyl (C=O) groups is 2. The first-order chi connectivity index (χ1) is 8.59. The normalized spacial score (nSPS) is 10.2. The summed E-state index contributed by atoms with van der Waals surface area (Å²) in [6.45, 7) is 0. The average molecular weight is 268 g/mol. The van der Waals surface area contributed by atoms with Gasteiger partial charge in [-0.1, -0.05) is 6.42 Å². The number of rotatable bonds is 8. The smallest absolute Gasteiger partial charge is 0.335 e. The van der Waals surface area contributed by atoms with E-state index in [9.17, 15) is 9.59 Å². The Kier molecular flexibility index (Phi) is 6.28. The number of hydrogen-bond donors (Lipinski definition) is 2. The molecule has 0 amide bonds. The van der Waals surface area contributed by atoms with E-state index in [1.54, 1.807) is 36.0 Å². The molecule has 98 valence electrons. The minimum atomic E-state index is -0.916. The molecule has 0 saturated carbocycles. The van der Waals surface area contributed by atoms with E-state index in [0.717, 1.165) is 23.5 Å². The Morgan fingerprint density at radius 1 is 1.00 bits per heavy atom. The standard InChI is InChI=1S/C13H16O4S/c14-12(15)4-2-1-3-9-18-11-7-5-10(6-8-11)13(16)17/h5-8H,1-4,9H2,(H,14,15)(H,16,17). The van der Waals surface area contributed by atoms with Crippen LogP contribution < -0.4 is 0 Å². The minimum absolute atomic E-state index is 0.234. The average Bonchev–Trinajstić information content (AvgIpc) is 2.34. The predicted octanol–water partition coefficient (Wildman–Crippen LogP) is 3.12. The summed E-state index contributed by atoms with van der Waals surface area (Å²) in [5, 5.41) is 17.2. The molecule has 0 aliphatic heterocycles. The Balaban J connectivity index is 2.19. The summed E-state index contributed by atoms with van der Waals surface area (Å²) < 4.78 is 0. The zero-order chi connectivity index (χ0) is 13.4. The van der Waals surface area contributed by atoms with Crippen molar-refractivity contribution in [3.8, 4) is 0 Å². The fourth-order valence-corrected chi connectivity index (χ4v) is 2.35. The van der Waals surface area contributed by atoms with Crippen molar-refractivity contribution in [1.29, 1.82) is 0 Å². The third-order valence-corrected chi connectivity index (χ3v) is 3.50. The lowest BCUT2D eigenvalue weighted by atomic mass is 10.2. The molecule has 0 radical (unpaired) electrons. The predicted molar refractivity (Wildman–Crippen MR) is 70.2 cm³/mol. The maximum atomic E-state index is 10.6. The van der Waals surface area contributed by atoms with Crippen molar-refractivity contribution >= 4 is 23.7 Å². The Hall–Kier alpha value is -1.49. The Bertz CT molecular complexity index is 400. The number of carboxylic acid groups (broad SMARTS) is 2. The van der Waals surface area contributed by atoms with Crippen molar-refractivity contribution in [2.45, 2.75) is 30.6 Å². The van der Waals surface area contributed by atoms with Crippen LogP contribution in [0.1, 0.15) is 36.0 Å². The van der Waals surface area contributed by atoms with Gasteiger partial charge in [0.05, 0.1) is 5.56 Å². The first-order valence-corrected chi connectivity index (χ1v) is 6.76. The second kappa shape index (κ2) is 7.76. The van der Waals surface area contributed by atoms with E-state index in [-0.39, 0.29) is 6.42 Å². The van der Waals surface area contributed by atoms with Crippen molar-refractivity contribution < 1.29 is 19.8 Å². The molecule has 0 saturated heterocycles. The lowest BCUT2D eigenvalue weighted by molar-refractivity contribution is -0.137. The van der Waals surface area contributed by atoms with Gasteiger partial charge in [-0.05, 0) is 42.9 Å². The summed E-state index contributed by atoms with van der Waals surface area (Å²) in [5.41, 5.74) is 0.292. The summed E-state index contributed by atoms with van der Waals surface area (Å²) in [6, 6.07) is 6.78. The Labute approximate surface area is 110 Å². The van der Waals surface area contributed by atoms with Crippen LogP contribution in [0.2, 0.25) is 0 Å². The molecule has 18 heavy (non-hydrogen) atoms. The van der Waals surface area contributed by atoms with Crippen LogP contribution in [0, 0.1) is 0 Å². The van der Waals surface area contributed by atoms with Crippen LogP contribution in [0.5, 0.6) is 0 Å². The van der Waals surface area contributed by atoms with Crippen molar-refractivity contribution in [3.63, 3.8) is 0 Å². The third kappa shape index (κ3) is 5.72. The number of aromatic carboxylic acids is 1. The summed E-state index contributed by atoms with van der Waals surface area (Å²) in [5.74, 6) is -0.737. The summed E-state index contributed by atoms with van der Waals surface area (Å²) >= 11 is 1.66. The maximum Gasteiger partial charge on any atom is 0.335 e. The van der Waals surface area contributed by atoms with Gasteiger partial charge in [0, 0.05) is 11.3 Å². The Morgan fingerprint density at radius 3 is 2.22 bits per heavy atom. The van der Waals surface area contributed by atoms with Gasteiger partial charge in [-0.2, -0.15) is 0 Å². The topological polar surface area (TPSA) is 74.6 Å². The summed E-state index contributed by atoms with van der Waals surface area (Å²) in [4.78, 5) is 22.0. The summed E-state index contributed by atoms with van der Waals surface area (Å²) in [6.07, 6.45) is 2.83. The van der Waals surface area contributed by atoms with E-state index in [2.05, 4.69) is 0 Å². The highest BCUT2D eigenvalue weighted by atomic mass is 32.2. The van der Waals surface area contributed by atoms with Gasteiger partial charge >= 0.3 is 11.9 Å². The lowest BCUT2D eigenvalue weighted by Crippen LogP contribution is -1.95. The molecule has 1 aromatic carbocycles. The van der Waals surface area contributed by atoms with Crippen LogP contribution in [-0.4, -0.2) is 27.9 Å². The molecule has 0 atom stereocenters. The zero-order valence-electron chi connectivity index (χ0n) is 9.96. The van der Waals surface area contributed by atoms with Gasteiger partial charge in [-0.3, -0.25) is 4.79 Å². The zero-order valence-corrected chi connectivity index (χ0v) is 10.8. The second-order valence-corrected chi connectivity index (χ2v) is 5.05. The van der Waals surface area contributed by atoms with Gasteiger partial charge in [0.2, 0.25) is 0 Å². The van der Waals surface area contributed by atoms with Crippen LogP contribution in [-0.2, 0) is 4.79 Å². The van der Waals surface area contributed by atoms with Crippen molar-refractivity contribution in [3.05, 3.63) is 29.8 Å². The Morgan fingerprint density at radius 2 is 1.67 bits per heavy atom. The number of hydrogen-bond acceptors (Lipinski definition) is 3. The van der Waals surface area contributed by atoms with Gasteiger partial charge < -0.3 is 10.2 Å². The quantitative estimate of drug-likeness (QED) is 0.559. The third-order valence-electron chi connectivity index (χ3n) is 2.40. The van der Waals surface area contributed by atoms with E-state index in [1.165, 1.54) is 0 Å². The number of carboxylic acids is 2. The molecule has 0 fully saturated rings. The molecule has 4 nitrogen and oxygen atoms in total. The van der Waals surface area contributed by atoms with Gasteiger partial charge in [-0.15, -0.1) is 11.8 Å². The van der Waals surface area contributed by atoms with Crippen molar-refractivity contribution in [2.24, 2.45) is 0 Å². The molecule has 0 aromatic heterocycles. The molecule has 0 spiro atoms. The van der Waals surface area contributed by atoms with E-state index >= 15 is 0 Å². The number of aliphatic carboxylic acids is 1. The largest absolute Gasteiger partial charge is 0.481 e. The van der Waals surface area contributed by atoms with E-state index in [0.29, 0.717) is 12.0 Å². The van der Waals surface area contributed by atoms with Crippen LogP contribution in [0.15, 0.2) is 29.2 Å². The molecule has 2 N–H and O–H groups in total. The number of unbranched alkanes of at least 4 members (excludes halogenated alkanes) is 2. The highest BCUT2D eigenvalue weighted by molar-refractivity contribution is 7.99. The molecule has 0 bridgehead atoms. The minimum Gasteiger partial charge on any atom is -0.481 e. The van der Waals surface area contributed by atoms with Crippen molar-refractivity contribution in [1.82, 2.24) is 0 Å². The van der Waals surface area contributed by atoms with Gasteiger partial charge in [-0.25, -0.2) is 4.79 Å². The monoisotopic (exact) mass is 268 g/mol. The van der Waals surface area contributed by atoms with Crippen molar-refractivity contribution in [2.75, 3.05) is 5.75 Å². The van der Waals surface area contributed by atoms with E-state index in [1.807, 2.05) is 0 Å². The van der Waals surface area contributed by atoms with E-state index in [4.69, 9.17) is 10.2 Å². The lowest BCUT2D eigenvalue weighted by Gasteiger charge is -2.02. The molecular formula is C13H16O4S. The van der Waals surface area contributed by atoms with Crippen LogP contribution in [0.3, 0.4) is 0 Å². The fourth-order valence-electron chi connectivity index (χ4n) is 1.44. The second-order valence-electron chi connectivity index (χ2n) is 3.88. The first kappa shape index (κ1) is 14.6. The van der Waals surface area contributed by atoms with Gasteiger partial charge in [0.1, 0.15) is 0 Å². The molecule has 0 unspecified atom stereocenters. The SMILES string of the molecule is O=C(O)CCCCCSc1ccc(C(=O)O)cc1. The van der Waals surface area contributed by atoms with Crippen LogP contribution in [0.4, 0.5) is 0 Å². The molecular weight excluding hydrogens is 252 g/mol. The molecule has 5 heteroatoms. The van der Waals surface area contributed by atoms with E-state index < -0.39 is 11.9 Å². The highest BCUT2D eigenvalue weighted by Gasteiger charge is 2.02. The number of thioether (sulfide) groups is 1. The molecule has 0 aliphatic rings. The fraction of sp³-hybridized carbons (Fsp3) is 0.385. The van der Waals surface area contributed by atoms with Gasteiger partial charge in [0.15, 0.2) is 0 Å².